The minimum absolute atomic E-state index is 0.543. The zero-order chi connectivity index (χ0) is 28.1. The van der Waals surface area contributed by atoms with Crippen molar-refractivity contribution in [2.24, 2.45) is 0 Å². The van der Waals surface area contributed by atoms with Crippen LogP contribution in [0.3, 0.4) is 0 Å². The van der Waals surface area contributed by atoms with Gasteiger partial charge in [-0.05, 0) is 64.7 Å². The predicted molar refractivity (Wildman–Crippen MR) is 169 cm³/mol. The Labute approximate surface area is 246 Å². The Bertz CT molecular complexity index is 2410. The number of benzene rings is 5. The van der Waals surface area contributed by atoms with Crippen LogP contribution in [0, 0.1) is 0 Å². The lowest BCUT2D eigenvalue weighted by Gasteiger charge is -2.39. The molecule has 1 aliphatic heterocycles. The highest BCUT2D eigenvalue weighted by Gasteiger charge is 2.51. The van der Waals surface area contributed by atoms with E-state index in [4.69, 9.17) is 14.7 Å². The van der Waals surface area contributed by atoms with Crippen LogP contribution in [-0.4, -0.2) is 19.5 Å². The van der Waals surface area contributed by atoms with Crippen molar-refractivity contribution in [3.8, 4) is 28.6 Å². The molecule has 0 radical (unpaired) electrons. The molecule has 0 saturated carbocycles. The van der Waals surface area contributed by atoms with Gasteiger partial charge in [0.2, 0.25) is 5.95 Å². The van der Waals surface area contributed by atoms with Crippen molar-refractivity contribution in [1.29, 1.82) is 0 Å². The van der Waals surface area contributed by atoms with E-state index in [0.29, 0.717) is 11.6 Å². The highest BCUT2D eigenvalue weighted by atomic mass is 16.5. The quantitative estimate of drug-likeness (QED) is 0.205. The number of fused-ring (bicyclic) bond motifs is 13. The largest absolute Gasteiger partial charge is 0.457 e. The molecule has 1 aliphatic carbocycles. The Morgan fingerprint density at radius 3 is 2.12 bits per heavy atom. The molecule has 0 unspecified atom stereocenters. The molecule has 1 spiro atoms. The first-order chi connectivity index (χ1) is 21.3. The highest BCUT2D eigenvalue weighted by molar-refractivity contribution is 6.12. The Hall–Kier alpha value is -5.81. The van der Waals surface area contributed by atoms with Crippen LogP contribution in [-0.2, 0) is 5.41 Å². The highest BCUT2D eigenvalue weighted by Crippen LogP contribution is 2.62. The first-order valence-electron chi connectivity index (χ1n) is 14.4. The lowest BCUT2D eigenvalue weighted by Crippen LogP contribution is -2.32. The summed E-state index contributed by atoms with van der Waals surface area (Å²) in [5.41, 5.74) is 9.52. The van der Waals surface area contributed by atoms with Gasteiger partial charge in [-0.15, -0.1) is 0 Å². The van der Waals surface area contributed by atoms with E-state index < -0.39 is 5.41 Å². The fraction of sp³-hybridized carbons (Fsp3) is 0.0263. The normalized spacial score (nSPS) is 14.0. The topological polar surface area (TPSA) is 52.8 Å². The van der Waals surface area contributed by atoms with Gasteiger partial charge >= 0.3 is 0 Å². The Morgan fingerprint density at radius 1 is 0.558 bits per heavy atom. The zero-order valence-corrected chi connectivity index (χ0v) is 22.9. The van der Waals surface area contributed by atoms with Gasteiger partial charge in [-0.1, -0.05) is 78.9 Å². The first-order valence-corrected chi connectivity index (χ1v) is 14.4. The molecule has 0 amide bonds. The minimum Gasteiger partial charge on any atom is -0.457 e. The van der Waals surface area contributed by atoms with Gasteiger partial charge in [-0.2, -0.15) is 4.98 Å². The van der Waals surface area contributed by atoms with Crippen molar-refractivity contribution < 1.29 is 4.74 Å². The monoisotopic (exact) mass is 550 g/mol. The Balaban J connectivity index is 1.39. The molecule has 0 N–H and O–H groups in total. The molecule has 200 valence electrons. The second-order valence-electron chi connectivity index (χ2n) is 11.2. The Morgan fingerprint density at radius 2 is 1.28 bits per heavy atom. The molecular formula is C38H22N4O. The van der Waals surface area contributed by atoms with Gasteiger partial charge in [-0.3, -0.25) is 4.57 Å². The summed E-state index contributed by atoms with van der Waals surface area (Å²) in [7, 11) is 0. The van der Waals surface area contributed by atoms with Gasteiger partial charge in [0.25, 0.3) is 0 Å². The van der Waals surface area contributed by atoms with Crippen molar-refractivity contribution in [1.82, 2.24) is 19.5 Å². The van der Waals surface area contributed by atoms with Crippen LogP contribution in [0.4, 0.5) is 0 Å². The second kappa shape index (κ2) is 8.14. The molecule has 2 aliphatic rings. The summed E-state index contributed by atoms with van der Waals surface area (Å²) in [6.07, 6.45) is 3.64. The Kier molecular flexibility index (Phi) is 4.32. The molecule has 3 aromatic heterocycles. The van der Waals surface area contributed by atoms with Gasteiger partial charge in [0.1, 0.15) is 11.5 Å². The molecule has 43 heavy (non-hydrogen) atoms. The molecule has 5 aromatic carbocycles. The summed E-state index contributed by atoms with van der Waals surface area (Å²) in [6.45, 7) is 0. The third-order valence-corrected chi connectivity index (χ3v) is 9.18. The van der Waals surface area contributed by atoms with E-state index in [0.717, 1.165) is 44.4 Å². The van der Waals surface area contributed by atoms with Crippen molar-refractivity contribution in [3.05, 3.63) is 156 Å². The van der Waals surface area contributed by atoms with E-state index in [-0.39, 0.29) is 0 Å². The molecule has 4 heterocycles. The van der Waals surface area contributed by atoms with Gasteiger partial charge in [0.15, 0.2) is 5.65 Å². The van der Waals surface area contributed by atoms with Crippen LogP contribution in [0.15, 0.2) is 134 Å². The summed E-state index contributed by atoms with van der Waals surface area (Å²) in [5.74, 6) is 2.37. The van der Waals surface area contributed by atoms with Crippen molar-refractivity contribution in [2.45, 2.75) is 5.41 Å². The third-order valence-electron chi connectivity index (χ3n) is 9.18. The molecule has 5 heteroatoms. The standard InChI is InChI=1S/C38H22N4O/c1-3-13-28-24(11-1)26-20-27-25-12-2-6-16-32(25)42(37-40-22-23-10-9-19-39-36(23)41-37)33(27)21-31(26)38(28)29-14-4-7-17-34(29)43-35-18-8-5-15-30(35)38/h1-22H. The summed E-state index contributed by atoms with van der Waals surface area (Å²) in [4.78, 5) is 14.3. The number of hydrogen-bond donors (Lipinski definition) is 0. The van der Waals surface area contributed by atoms with E-state index >= 15 is 0 Å². The number of aromatic nitrogens is 4. The first kappa shape index (κ1) is 22.8. The van der Waals surface area contributed by atoms with Crippen LogP contribution in [0.1, 0.15) is 22.3 Å². The van der Waals surface area contributed by atoms with Gasteiger partial charge < -0.3 is 4.74 Å². The van der Waals surface area contributed by atoms with Crippen molar-refractivity contribution in [2.75, 3.05) is 0 Å². The van der Waals surface area contributed by atoms with Crippen molar-refractivity contribution >= 4 is 32.8 Å². The minimum atomic E-state index is -0.543. The second-order valence-corrected chi connectivity index (χ2v) is 11.2. The number of hydrogen-bond acceptors (Lipinski definition) is 4. The van der Waals surface area contributed by atoms with E-state index in [1.807, 2.05) is 18.3 Å². The number of nitrogens with zero attached hydrogens (tertiary/aromatic N) is 4. The number of pyridine rings is 1. The molecule has 0 atom stereocenters. The summed E-state index contributed by atoms with van der Waals surface area (Å²) in [6, 6.07) is 42.9. The van der Waals surface area contributed by atoms with Crippen molar-refractivity contribution in [3.63, 3.8) is 0 Å². The number of ether oxygens (including phenoxy) is 1. The lowest BCUT2D eigenvalue weighted by molar-refractivity contribution is 0.436. The molecule has 0 fully saturated rings. The van der Waals surface area contributed by atoms with E-state index in [1.165, 1.54) is 27.6 Å². The maximum absolute atomic E-state index is 6.53. The maximum atomic E-state index is 6.53. The fourth-order valence-corrected chi connectivity index (χ4v) is 7.49. The number of rotatable bonds is 1. The number of para-hydroxylation sites is 3. The molecule has 10 rings (SSSR count). The van der Waals surface area contributed by atoms with Gasteiger partial charge in [0.05, 0.1) is 16.4 Å². The van der Waals surface area contributed by atoms with E-state index in [2.05, 4.69) is 119 Å². The lowest BCUT2D eigenvalue weighted by atomic mass is 9.66. The fourth-order valence-electron chi connectivity index (χ4n) is 7.49. The van der Waals surface area contributed by atoms with Crippen LogP contribution in [0.2, 0.25) is 0 Å². The predicted octanol–water partition coefficient (Wildman–Crippen LogP) is 8.59. The molecular weight excluding hydrogens is 528 g/mol. The van der Waals surface area contributed by atoms with Gasteiger partial charge in [0, 0.05) is 39.7 Å². The molecule has 8 aromatic rings. The molecule has 5 nitrogen and oxygen atoms in total. The third kappa shape index (κ3) is 2.83. The summed E-state index contributed by atoms with van der Waals surface area (Å²) >= 11 is 0. The SMILES string of the molecule is c1ccc2c(c1)Oc1ccccc1C21c2ccccc2-c2cc3c4ccccc4n(-c4ncc5cccnc5n4)c3cc21. The average Bonchev–Trinajstić information content (AvgIpc) is 3.54. The summed E-state index contributed by atoms with van der Waals surface area (Å²) in [5, 5.41) is 3.24. The van der Waals surface area contributed by atoms with E-state index in [9.17, 15) is 0 Å². The summed E-state index contributed by atoms with van der Waals surface area (Å²) < 4.78 is 8.72. The smallest absolute Gasteiger partial charge is 0.236 e. The van der Waals surface area contributed by atoms with Crippen LogP contribution in [0.25, 0.3) is 49.9 Å². The van der Waals surface area contributed by atoms with Crippen LogP contribution < -0.4 is 4.74 Å². The molecule has 0 bridgehead atoms. The maximum Gasteiger partial charge on any atom is 0.236 e. The zero-order valence-electron chi connectivity index (χ0n) is 22.9. The van der Waals surface area contributed by atoms with Crippen LogP contribution in [0.5, 0.6) is 11.5 Å². The molecule has 0 saturated heterocycles. The van der Waals surface area contributed by atoms with Gasteiger partial charge in [-0.25, -0.2) is 9.97 Å². The average molecular weight is 551 g/mol. The van der Waals surface area contributed by atoms with Crippen LogP contribution >= 0.6 is 0 Å². The van der Waals surface area contributed by atoms with E-state index in [1.54, 1.807) is 6.20 Å².